The van der Waals surface area contributed by atoms with Gasteiger partial charge in [-0.3, -0.25) is 4.90 Å². The van der Waals surface area contributed by atoms with E-state index in [0.717, 1.165) is 6.42 Å². The summed E-state index contributed by atoms with van der Waals surface area (Å²) in [7, 11) is 1.84. The number of fused-ring (bicyclic) bond motifs is 2. The number of hydrogen-bond donors (Lipinski definition) is 3. The third kappa shape index (κ3) is 1.07. The van der Waals surface area contributed by atoms with Crippen LogP contribution in [0.15, 0.2) is 0 Å². The van der Waals surface area contributed by atoms with Gasteiger partial charge >= 0.3 is 0 Å². The van der Waals surface area contributed by atoms with Crippen LogP contribution in [0.3, 0.4) is 0 Å². The minimum Gasteiger partial charge on any atom is -0.375 e. The first-order chi connectivity index (χ1) is 5.43. The Morgan fingerprint density at radius 3 is 2.58 bits per heavy atom. The summed E-state index contributed by atoms with van der Waals surface area (Å²) in [4.78, 5) is 1.86. The van der Waals surface area contributed by atoms with Crippen LogP contribution in [-0.2, 0) is 0 Å². The van der Waals surface area contributed by atoms with Crippen LogP contribution in [0.25, 0.3) is 0 Å². The van der Waals surface area contributed by atoms with Crippen LogP contribution in [0.4, 0.5) is 0 Å². The van der Waals surface area contributed by atoms with E-state index in [2.05, 4.69) is 0 Å². The minimum absolute atomic E-state index is 0.0486. The molecule has 2 aliphatic heterocycles. The van der Waals surface area contributed by atoms with Gasteiger partial charge in [0, 0.05) is 18.9 Å². The molecule has 2 unspecified atom stereocenters. The maximum atomic E-state index is 9.93. The van der Waals surface area contributed by atoms with E-state index < -0.39 is 11.5 Å². The average molecular weight is 173 g/mol. The number of nitrogens with zero attached hydrogens (tertiary/aromatic N) is 1. The zero-order valence-electron chi connectivity index (χ0n) is 7.19. The Bertz CT molecular complexity index is 206. The molecule has 2 atom stereocenters. The van der Waals surface area contributed by atoms with Gasteiger partial charge < -0.3 is 15.3 Å². The second-order valence-corrected chi connectivity index (χ2v) is 4.15. The zero-order valence-corrected chi connectivity index (χ0v) is 7.19. The summed E-state index contributed by atoms with van der Waals surface area (Å²) < 4.78 is 0. The molecule has 4 nitrogen and oxygen atoms in total. The zero-order chi connectivity index (χ0) is 8.98. The van der Waals surface area contributed by atoms with Crippen molar-refractivity contribution in [1.82, 2.24) is 4.90 Å². The molecular formula is C8H15NO3. The molecule has 0 aliphatic carbocycles. The van der Waals surface area contributed by atoms with Gasteiger partial charge in [0.2, 0.25) is 0 Å². The van der Waals surface area contributed by atoms with Crippen molar-refractivity contribution in [3.63, 3.8) is 0 Å². The molecule has 0 aromatic heterocycles. The van der Waals surface area contributed by atoms with Crippen molar-refractivity contribution in [3.05, 3.63) is 0 Å². The Balaban J connectivity index is 2.25. The fourth-order valence-corrected chi connectivity index (χ4v) is 2.46. The van der Waals surface area contributed by atoms with E-state index in [4.69, 9.17) is 0 Å². The van der Waals surface area contributed by atoms with Gasteiger partial charge in [0.05, 0.1) is 0 Å². The van der Waals surface area contributed by atoms with E-state index in [0.29, 0.717) is 12.8 Å². The van der Waals surface area contributed by atoms with E-state index >= 15 is 0 Å². The van der Waals surface area contributed by atoms with E-state index in [1.165, 1.54) is 0 Å². The largest absolute Gasteiger partial charge is 0.375 e. The molecule has 0 aromatic rings. The van der Waals surface area contributed by atoms with Crippen molar-refractivity contribution < 1.29 is 15.3 Å². The van der Waals surface area contributed by atoms with Gasteiger partial charge in [-0.15, -0.1) is 0 Å². The molecule has 70 valence electrons. The summed E-state index contributed by atoms with van der Waals surface area (Å²) in [5.74, 6) is -1.66. The molecule has 4 heteroatoms. The molecule has 2 bridgehead atoms. The van der Waals surface area contributed by atoms with Gasteiger partial charge in [-0.05, 0) is 19.9 Å². The van der Waals surface area contributed by atoms with E-state index in [1.807, 2.05) is 11.9 Å². The van der Waals surface area contributed by atoms with E-state index in [9.17, 15) is 15.3 Å². The van der Waals surface area contributed by atoms with Crippen molar-refractivity contribution in [2.45, 2.75) is 43.2 Å². The standard InChI is InChI=1S/C8H15NO3/c1-9-6-2-3-7(9,10)5-8(11,12)4-6/h6,10-12H,2-5H2,1H3. The third-order valence-corrected chi connectivity index (χ3v) is 3.21. The lowest BCUT2D eigenvalue weighted by Crippen LogP contribution is -2.56. The first-order valence-corrected chi connectivity index (χ1v) is 4.33. The highest BCUT2D eigenvalue weighted by Crippen LogP contribution is 2.44. The minimum atomic E-state index is -1.66. The summed E-state index contributed by atoms with van der Waals surface area (Å²) in [6.07, 6.45) is 1.91. The molecule has 2 rings (SSSR count). The second-order valence-electron chi connectivity index (χ2n) is 4.15. The fourth-order valence-electron chi connectivity index (χ4n) is 2.46. The van der Waals surface area contributed by atoms with E-state index in [1.54, 1.807) is 0 Å². The molecule has 0 radical (unpaired) electrons. The predicted molar refractivity (Wildman–Crippen MR) is 42.1 cm³/mol. The van der Waals surface area contributed by atoms with Crippen molar-refractivity contribution in [2.75, 3.05) is 7.05 Å². The predicted octanol–water partition coefficient (Wildman–Crippen LogP) is -0.756. The summed E-state index contributed by atoms with van der Waals surface area (Å²) >= 11 is 0. The van der Waals surface area contributed by atoms with Crippen molar-refractivity contribution in [1.29, 1.82) is 0 Å². The Labute approximate surface area is 71.4 Å². The maximum Gasteiger partial charge on any atom is 0.168 e. The third-order valence-electron chi connectivity index (χ3n) is 3.21. The summed E-state index contributed by atoms with van der Waals surface area (Å²) in [6.45, 7) is 0. The lowest BCUT2D eigenvalue weighted by molar-refractivity contribution is -0.256. The quantitative estimate of drug-likeness (QED) is 0.421. The Morgan fingerprint density at radius 2 is 2.00 bits per heavy atom. The molecule has 2 fully saturated rings. The highest BCUT2D eigenvalue weighted by molar-refractivity contribution is 5.00. The molecule has 2 aliphatic rings. The fraction of sp³-hybridized carbons (Fsp3) is 1.00. The summed E-state index contributed by atoms with van der Waals surface area (Å²) in [6, 6.07) is 0.124. The van der Waals surface area contributed by atoms with E-state index in [-0.39, 0.29) is 12.5 Å². The first-order valence-electron chi connectivity index (χ1n) is 4.33. The smallest absolute Gasteiger partial charge is 0.168 e. The van der Waals surface area contributed by atoms with Crippen molar-refractivity contribution in [3.8, 4) is 0 Å². The Kier molecular flexibility index (Phi) is 1.55. The topological polar surface area (TPSA) is 63.9 Å². The van der Waals surface area contributed by atoms with Gasteiger partial charge in [-0.1, -0.05) is 0 Å². The molecular weight excluding hydrogens is 158 g/mol. The average Bonchev–Trinajstić information content (AvgIpc) is 2.15. The molecule has 0 aromatic carbocycles. The lowest BCUT2D eigenvalue weighted by atomic mass is 9.94. The van der Waals surface area contributed by atoms with Crippen LogP contribution in [0.2, 0.25) is 0 Å². The van der Waals surface area contributed by atoms with Gasteiger partial charge in [0.1, 0.15) is 5.72 Å². The SMILES string of the molecule is CN1C2CCC1(O)CC(O)(O)C2. The molecule has 2 heterocycles. The number of piperidine rings is 1. The van der Waals surface area contributed by atoms with Gasteiger partial charge in [0.25, 0.3) is 0 Å². The van der Waals surface area contributed by atoms with Crippen LogP contribution in [0.5, 0.6) is 0 Å². The maximum absolute atomic E-state index is 9.93. The number of rotatable bonds is 0. The molecule has 3 N–H and O–H groups in total. The van der Waals surface area contributed by atoms with Crippen molar-refractivity contribution in [2.24, 2.45) is 0 Å². The van der Waals surface area contributed by atoms with Gasteiger partial charge in [-0.2, -0.15) is 0 Å². The molecule has 12 heavy (non-hydrogen) atoms. The van der Waals surface area contributed by atoms with Crippen LogP contribution < -0.4 is 0 Å². The van der Waals surface area contributed by atoms with Crippen LogP contribution in [0, 0.1) is 0 Å². The molecule has 0 spiro atoms. The Morgan fingerprint density at radius 1 is 1.33 bits per heavy atom. The molecule has 0 amide bonds. The first kappa shape index (κ1) is 8.44. The van der Waals surface area contributed by atoms with Crippen LogP contribution in [0.1, 0.15) is 25.7 Å². The Hall–Kier alpha value is -0.160. The van der Waals surface area contributed by atoms with Gasteiger partial charge in [-0.25, -0.2) is 0 Å². The summed E-state index contributed by atoms with van der Waals surface area (Å²) in [5, 5.41) is 28.7. The van der Waals surface area contributed by atoms with Crippen molar-refractivity contribution >= 4 is 0 Å². The lowest BCUT2D eigenvalue weighted by Gasteiger charge is -2.44. The highest BCUT2D eigenvalue weighted by atomic mass is 16.5. The highest BCUT2D eigenvalue weighted by Gasteiger charge is 2.53. The monoisotopic (exact) mass is 173 g/mol. The number of hydrogen-bond acceptors (Lipinski definition) is 4. The van der Waals surface area contributed by atoms with Crippen LogP contribution in [-0.4, -0.2) is 44.8 Å². The normalized spacial score (nSPS) is 46.5. The molecule has 2 saturated heterocycles. The molecule has 0 saturated carbocycles. The van der Waals surface area contributed by atoms with Crippen LogP contribution >= 0.6 is 0 Å². The number of aliphatic hydroxyl groups is 3. The second kappa shape index (κ2) is 2.20. The van der Waals surface area contributed by atoms with Gasteiger partial charge in [0.15, 0.2) is 5.79 Å². The summed E-state index contributed by atoms with van der Waals surface area (Å²) in [5.41, 5.74) is -0.980.